The number of hydrogen-bond donors (Lipinski definition) is 2. The minimum absolute atomic E-state index is 0.191. The monoisotopic (exact) mass is 400 g/mol. The molecule has 0 fully saturated rings. The number of rotatable bonds is 7. The van der Waals surface area contributed by atoms with Gasteiger partial charge in [-0.05, 0) is 33.9 Å². The summed E-state index contributed by atoms with van der Waals surface area (Å²) in [6, 6.07) is 9.81. The largest absolute Gasteiger partial charge is 0.477 e. The first-order valence-electron chi connectivity index (χ1n) is 9.96. The lowest BCUT2D eigenvalue weighted by Crippen LogP contribution is -2.31. The predicted molar refractivity (Wildman–Crippen MR) is 110 cm³/mol. The normalized spacial score (nSPS) is 17.4. The Morgan fingerprint density at radius 3 is 2.77 bits per heavy atom. The van der Waals surface area contributed by atoms with Crippen molar-refractivity contribution in [3.63, 3.8) is 0 Å². The van der Waals surface area contributed by atoms with Crippen LogP contribution in [0.2, 0.25) is 0 Å². The van der Waals surface area contributed by atoms with Gasteiger partial charge in [-0.1, -0.05) is 55.8 Å². The molecule has 2 heterocycles. The molecule has 1 unspecified atom stereocenters. The van der Waals surface area contributed by atoms with Crippen LogP contribution in [0.1, 0.15) is 53.5 Å². The molecule has 1 atom stereocenters. The summed E-state index contributed by atoms with van der Waals surface area (Å²) < 4.78 is 1.86. The highest BCUT2D eigenvalue weighted by Crippen LogP contribution is 2.57. The van der Waals surface area contributed by atoms with Crippen LogP contribution >= 0.6 is 0 Å². The number of nitrogens with zero attached hydrogens (tertiary/aromatic N) is 5. The van der Waals surface area contributed by atoms with E-state index in [1.807, 2.05) is 41.0 Å². The van der Waals surface area contributed by atoms with Crippen molar-refractivity contribution in [2.45, 2.75) is 32.2 Å². The van der Waals surface area contributed by atoms with Crippen LogP contribution in [-0.2, 0) is 6.42 Å². The molecule has 0 spiro atoms. The number of allylic oxidation sites excluding steroid dienone is 6. The van der Waals surface area contributed by atoms with Crippen LogP contribution in [0.25, 0.3) is 11.1 Å². The highest BCUT2D eigenvalue weighted by Gasteiger charge is 2.44. The molecule has 2 bridgehead atoms. The van der Waals surface area contributed by atoms with Crippen molar-refractivity contribution in [2.75, 3.05) is 0 Å². The van der Waals surface area contributed by atoms with E-state index in [9.17, 15) is 9.90 Å². The van der Waals surface area contributed by atoms with Crippen molar-refractivity contribution < 1.29 is 9.90 Å². The highest BCUT2D eigenvalue weighted by atomic mass is 16.4. The van der Waals surface area contributed by atoms with E-state index < -0.39 is 5.97 Å². The Bertz CT molecular complexity index is 1200. The van der Waals surface area contributed by atoms with E-state index >= 15 is 0 Å². The number of nitrogens with one attached hydrogen (secondary N) is 1. The first-order chi connectivity index (χ1) is 14.7. The molecule has 0 aliphatic heterocycles. The number of carboxylic acids is 1. The quantitative estimate of drug-likeness (QED) is 0.628. The number of carbonyl (C=O) groups is 1. The van der Waals surface area contributed by atoms with E-state index in [0.29, 0.717) is 5.82 Å². The fourth-order valence-electron chi connectivity index (χ4n) is 4.25. The number of H-pyrrole nitrogens is 1. The number of aromatic amines is 1. The van der Waals surface area contributed by atoms with Gasteiger partial charge < -0.3 is 9.67 Å². The molecule has 2 aliphatic rings. The average Bonchev–Trinajstić information content (AvgIpc) is 3.43. The number of fused-ring (bicyclic) bond motifs is 2. The molecule has 5 rings (SSSR count). The predicted octanol–water partition coefficient (Wildman–Crippen LogP) is 3.47. The maximum atomic E-state index is 12.0. The Hall–Kier alpha value is -3.81. The van der Waals surface area contributed by atoms with Crippen LogP contribution < -0.4 is 0 Å². The second kappa shape index (κ2) is 7.22. The molecule has 3 aromatic rings. The number of aromatic nitrogens is 6. The van der Waals surface area contributed by atoms with Gasteiger partial charge in [-0.15, -0.1) is 10.2 Å². The van der Waals surface area contributed by atoms with E-state index in [0.717, 1.165) is 52.9 Å². The molecule has 0 saturated heterocycles. The van der Waals surface area contributed by atoms with E-state index in [2.05, 4.69) is 38.6 Å². The number of hydrogen-bond acceptors (Lipinski definition) is 5. The number of unbranched alkanes of at least 4 members (excludes halogenated alkanes) is 1. The van der Waals surface area contributed by atoms with Gasteiger partial charge in [0.15, 0.2) is 0 Å². The van der Waals surface area contributed by atoms with Crippen LogP contribution in [-0.4, -0.2) is 41.3 Å². The van der Waals surface area contributed by atoms with Crippen molar-refractivity contribution in [3.8, 4) is 0 Å². The SMILES string of the molecule is CCCCc1ncc(C(=O)O)n1C1c2ccc(-c3ccccc3)c1c2-c1nn[nH]n1. The number of aryl methyl sites for hydroxylation is 1. The molecular weight excluding hydrogens is 380 g/mol. The number of imidazole rings is 1. The van der Waals surface area contributed by atoms with Crippen molar-refractivity contribution in [1.29, 1.82) is 0 Å². The topological polar surface area (TPSA) is 110 Å². The molecule has 2 aromatic heterocycles. The van der Waals surface area contributed by atoms with Crippen LogP contribution in [0.15, 0.2) is 59.8 Å². The molecule has 8 nitrogen and oxygen atoms in total. The Morgan fingerprint density at radius 1 is 1.23 bits per heavy atom. The van der Waals surface area contributed by atoms with E-state index in [-0.39, 0.29) is 11.7 Å². The molecule has 1 aromatic carbocycles. The number of benzene rings is 1. The minimum Gasteiger partial charge on any atom is -0.477 e. The van der Waals surface area contributed by atoms with Gasteiger partial charge in [-0.25, -0.2) is 9.78 Å². The first kappa shape index (κ1) is 18.2. The summed E-state index contributed by atoms with van der Waals surface area (Å²) in [7, 11) is 0. The first-order valence-corrected chi connectivity index (χ1v) is 9.96. The molecule has 8 heteroatoms. The summed E-state index contributed by atoms with van der Waals surface area (Å²) in [5.41, 5.74) is 5.16. The van der Waals surface area contributed by atoms with E-state index in [1.54, 1.807) is 0 Å². The second-order valence-electron chi connectivity index (χ2n) is 7.33. The van der Waals surface area contributed by atoms with Crippen molar-refractivity contribution >= 4 is 17.1 Å². The molecule has 0 amide bonds. The zero-order valence-corrected chi connectivity index (χ0v) is 16.4. The van der Waals surface area contributed by atoms with Gasteiger partial charge >= 0.3 is 5.97 Å². The lowest BCUT2D eigenvalue weighted by atomic mass is 9.68. The minimum atomic E-state index is -0.984. The summed E-state index contributed by atoms with van der Waals surface area (Å²) in [6.07, 6.45) is 8.24. The van der Waals surface area contributed by atoms with Crippen molar-refractivity contribution in [2.24, 2.45) is 0 Å². The maximum absolute atomic E-state index is 12.0. The Balaban J connectivity index is 1.69. The molecule has 30 heavy (non-hydrogen) atoms. The van der Waals surface area contributed by atoms with Gasteiger partial charge in [-0.3, -0.25) is 0 Å². The van der Waals surface area contributed by atoms with Crippen molar-refractivity contribution in [3.05, 3.63) is 82.7 Å². The Morgan fingerprint density at radius 2 is 2.07 bits per heavy atom. The highest BCUT2D eigenvalue weighted by molar-refractivity contribution is 6.05. The standard InChI is InChI=1S/C22H20N6O2/c1-2-3-9-17-23-12-16(22(29)30)28(17)20-15-11-10-14(13-7-5-4-6-8-13)18(20)19(15)21-24-26-27-25-21/h4-8,10-12,20H,2-3,9H2,1H3,(H,29,30)(H,24,25,26,27). The van der Waals surface area contributed by atoms with E-state index in [1.165, 1.54) is 6.20 Å². The molecule has 150 valence electrons. The zero-order chi connectivity index (χ0) is 20.7. The summed E-state index contributed by atoms with van der Waals surface area (Å²) in [5.74, 6) is 0.313. The van der Waals surface area contributed by atoms with Crippen LogP contribution in [0, 0.1) is 0 Å². The molecule has 2 aliphatic carbocycles. The molecule has 0 radical (unpaired) electrons. The summed E-state index contributed by atoms with van der Waals surface area (Å²) in [5, 5.41) is 24.4. The summed E-state index contributed by atoms with van der Waals surface area (Å²) >= 11 is 0. The van der Waals surface area contributed by atoms with Crippen LogP contribution in [0.3, 0.4) is 0 Å². The third-order valence-electron chi connectivity index (χ3n) is 5.60. The maximum Gasteiger partial charge on any atom is 0.354 e. The van der Waals surface area contributed by atoms with Gasteiger partial charge in [-0.2, -0.15) is 5.21 Å². The van der Waals surface area contributed by atoms with Crippen LogP contribution in [0.4, 0.5) is 0 Å². The lowest BCUT2D eigenvalue weighted by Gasteiger charge is -2.41. The molecule has 0 saturated carbocycles. The Labute approximate surface area is 172 Å². The average molecular weight is 400 g/mol. The summed E-state index contributed by atoms with van der Waals surface area (Å²) in [6.45, 7) is 2.11. The molecule has 2 N–H and O–H groups in total. The molecular formula is C22H20N6O2. The Kier molecular flexibility index (Phi) is 4.39. The van der Waals surface area contributed by atoms with Crippen molar-refractivity contribution in [1.82, 2.24) is 30.2 Å². The number of carboxylic acid groups (broad SMARTS) is 1. The van der Waals surface area contributed by atoms with Gasteiger partial charge in [0.1, 0.15) is 11.5 Å². The van der Waals surface area contributed by atoms with E-state index in [4.69, 9.17) is 0 Å². The fraction of sp³-hybridized carbons (Fsp3) is 0.227. The smallest absolute Gasteiger partial charge is 0.354 e. The number of aromatic carboxylic acids is 1. The lowest BCUT2D eigenvalue weighted by molar-refractivity contribution is 0.0684. The zero-order valence-electron chi connectivity index (χ0n) is 16.4. The third kappa shape index (κ3) is 2.72. The number of tetrazole rings is 1. The van der Waals surface area contributed by atoms with Gasteiger partial charge in [0, 0.05) is 12.0 Å². The second-order valence-corrected chi connectivity index (χ2v) is 7.33. The summed E-state index contributed by atoms with van der Waals surface area (Å²) in [4.78, 5) is 16.4. The van der Waals surface area contributed by atoms with Gasteiger partial charge in [0.2, 0.25) is 5.82 Å². The fourth-order valence-corrected chi connectivity index (χ4v) is 4.25. The van der Waals surface area contributed by atoms with Crippen LogP contribution in [0.5, 0.6) is 0 Å². The van der Waals surface area contributed by atoms with Gasteiger partial charge in [0.25, 0.3) is 0 Å². The van der Waals surface area contributed by atoms with Gasteiger partial charge in [0.05, 0.1) is 12.2 Å². The third-order valence-corrected chi connectivity index (χ3v) is 5.60.